The summed E-state index contributed by atoms with van der Waals surface area (Å²) in [6, 6.07) is 8.88. The Hall–Kier alpha value is -1.01. The third-order valence-electron chi connectivity index (χ3n) is 2.84. The molecule has 0 aromatic heterocycles. The van der Waals surface area contributed by atoms with Crippen LogP contribution >= 0.6 is 15.9 Å². The minimum atomic E-state index is 0.249. The number of nitriles is 1. The first-order valence-electron chi connectivity index (χ1n) is 5.35. The van der Waals surface area contributed by atoms with E-state index in [-0.39, 0.29) is 6.04 Å². The van der Waals surface area contributed by atoms with Crippen LogP contribution < -0.4 is 4.90 Å². The van der Waals surface area contributed by atoms with Crippen molar-refractivity contribution in [1.82, 2.24) is 0 Å². The molecule has 0 saturated heterocycles. The number of nitrogens with zero attached hydrogens (tertiary/aromatic N) is 2. The number of hydrogen-bond donors (Lipinski definition) is 0. The van der Waals surface area contributed by atoms with Crippen LogP contribution in [0.15, 0.2) is 18.2 Å². The van der Waals surface area contributed by atoms with Crippen molar-refractivity contribution in [3.8, 4) is 6.07 Å². The van der Waals surface area contributed by atoms with E-state index in [1.54, 1.807) is 0 Å². The summed E-state index contributed by atoms with van der Waals surface area (Å²) in [5, 5.41) is 9.58. The fourth-order valence-corrected chi connectivity index (χ4v) is 2.05. The Morgan fingerprint density at radius 3 is 2.69 bits per heavy atom. The molecule has 0 fully saturated rings. The summed E-state index contributed by atoms with van der Waals surface area (Å²) >= 11 is 3.45. The van der Waals surface area contributed by atoms with Crippen molar-refractivity contribution in [3.63, 3.8) is 0 Å². The maximum Gasteiger partial charge on any atom is 0.0643 e. The topological polar surface area (TPSA) is 27.0 Å². The number of halogens is 1. The van der Waals surface area contributed by atoms with Gasteiger partial charge in [-0.3, -0.25) is 0 Å². The van der Waals surface area contributed by atoms with E-state index >= 15 is 0 Å². The largest absolute Gasteiger partial charge is 0.371 e. The first kappa shape index (κ1) is 13.1. The van der Waals surface area contributed by atoms with Gasteiger partial charge in [0.2, 0.25) is 0 Å². The molecule has 0 aliphatic carbocycles. The highest BCUT2D eigenvalue weighted by molar-refractivity contribution is 9.08. The highest BCUT2D eigenvalue weighted by Gasteiger charge is 2.11. The molecule has 1 unspecified atom stereocenters. The summed E-state index contributed by atoms with van der Waals surface area (Å²) in [5.41, 5.74) is 3.74. The molecule has 0 heterocycles. The molecule has 0 aliphatic heterocycles. The van der Waals surface area contributed by atoms with Crippen molar-refractivity contribution >= 4 is 21.6 Å². The number of anilines is 1. The number of benzene rings is 1. The molecule has 0 aliphatic rings. The normalized spacial score (nSPS) is 11.9. The van der Waals surface area contributed by atoms with Crippen molar-refractivity contribution < 1.29 is 0 Å². The Morgan fingerprint density at radius 1 is 1.50 bits per heavy atom. The lowest BCUT2D eigenvalue weighted by atomic mass is 10.1. The van der Waals surface area contributed by atoms with Crippen LogP contribution in [-0.2, 0) is 5.33 Å². The molecule has 0 N–H and O–H groups in total. The van der Waals surface area contributed by atoms with E-state index in [1.807, 2.05) is 7.05 Å². The lowest BCUT2D eigenvalue weighted by Gasteiger charge is -2.27. The van der Waals surface area contributed by atoms with Gasteiger partial charge in [-0.1, -0.05) is 28.1 Å². The smallest absolute Gasteiger partial charge is 0.0643 e. The average Bonchev–Trinajstić information content (AvgIpc) is 2.28. The summed E-state index contributed by atoms with van der Waals surface area (Å²) in [5.74, 6) is 0. The molecule has 0 bridgehead atoms. The highest BCUT2D eigenvalue weighted by atomic mass is 79.9. The van der Waals surface area contributed by atoms with Crippen molar-refractivity contribution in [2.45, 2.75) is 31.6 Å². The lowest BCUT2D eigenvalue weighted by Crippen LogP contribution is -2.28. The molecule has 86 valence electrons. The van der Waals surface area contributed by atoms with E-state index in [2.05, 4.69) is 58.9 Å². The molecule has 2 nitrogen and oxygen atoms in total. The monoisotopic (exact) mass is 280 g/mol. The van der Waals surface area contributed by atoms with E-state index < -0.39 is 0 Å². The quantitative estimate of drug-likeness (QED) is 0.788. The molecule has 1 rings (SSSR count). The Labute approximate surface area is 106 Å². The zero-order valence-corrected chi connectivity index (χ0v) is 11.6. The summed E-state index contributed by atoms with van der Waals surface area (Å²) in [7, 11) is 2.04. The summed E-state index contributed by atoms with van der Waals surface area (Å²) in [6.45, 7) is 4.18. The molecule has 1 aromatic carbocycles. The van der Waals surface area contributed by atoms with Crippen molar-refractivity contribution in [3.05, 3.63) is 29.3 Å². The molecule has 0 radical (unpaired) electrons. The summed E-state index contributed by atoms with van der Waals surface area (Å²) in [6.07, 6.45) is 0.552. The molecular weight excluding hydrogens is 264 g/mol. The molecule has 16 heavy (non-hydrogen) atoms. The molecule has 0 amide bonds. The Balaban J connectivity index is 2.92. The Morgan fingerprint density at radius 2 is 2.19 bits per heavy atom. The maximum atomic E-state index is 8.70. The summed E-state index contributed by atoms with van der Waals surface area (Å²) < 4.78 is 0. The zero-order chi connectivity index (χ0) is 12.1. The fourth-order valence-electron chi connectivity index (χ4n) is 1.70. The van der Waals surface area contributed by atoms with Crippen LogP contribution in [0.1, 0.15) is 24.5 Å². The predicted octanol–water partition coefficient (Wildman–Crippen LogP) is 3.63. The van der Waals surface area contributed by atoms with Gasteiger partial charge in [0.05, 0.1) is 12.5 Å². The second-order valence-corrected chi connectivity index (χ2v) is 4.64. The third-order valence-corrected chi connectivity index (χ3v) is 3.49. The van der Waals surface area contributed by atoms with Crippen molar-refractivity contribution in [2.24, 2.45) is 0 Å². The van der Waals surface area contributed by atoms with Crippen molar-refractivity contribution in [1.29, 1.82) is 5.26 Å². The summed E-state index contributed by atoms with van der Waals surface area (Å²) in [4.78, 5) is 2.16. The molecule has 0 spiro atoms. The predicted molar refractivity (Wildman–Crippen MR) is 71.9 cm³/mol. The molecule has 3 heteroatoms. The second kappa shape index (κ2) is 5.91. The average molecular weight is 281 g/mol. The second-order valence-electron chi connectivity index (χ2n) is 4.08. The molecule has 1 aromatic rings. The van der Waals surface area contributed by atoms with Gasteiger partial charge in [-0.2, -0.15) is 5.26 Å². The minimum absolute atomic E-state index is 0.249. The standard InChI is InChI=1S/C13H17BrN2/c1-10-8-12(9-14)4-5-13(10)16(3)11(2)6-7-15/h4-5,8,11H,6,9H2,1-3H3. The Kier molecular flexibility index (Phi) is 4.82. The van der Waals surface area contributed by atoms with E-state index in [1.165, 1.54) is 16.8 Å². The van der Waals surface area contributed by atoms with Gasteiger partial charge in [0.25, 0.3) is 0 Å². The van der Waals surface area contributed by atoms with Gasteiger partial charge in [0, 0.05) is 24.1 Å². The van der Waals surface area contributed by atoms with E-state index in [9.17, 15) is 0 Å². The van der Waals surface area contributed by atoms with E-state index in [4.69, 9.17) is 5.26 Å². The first-order valence-corrected chi connectivity index (χ1v) is 6.47. The lowest BCUT2D eigenvalue weighted by molar-refractivity contribution is 0.701. The van der Waals surface area contributed by atoms with Gasteiger partial charge in [0.1, 0.15) is 0 Å². The van der Waals surface area contributed by atoms with Crippen LogP contribution in [0.4, 0.5) is 5.69 Å². The van der Waals surface area contributed by atoms with Crippen molar-refractivity contribution in [2.75, 3.05) is 11.9 Å². The van der Waals surface area contributed by atoms with Crippen LogP contribution in [0.2, 0.25) is 0 Å². The number of rotatable bonds is 4. The minimum Gasteiger partial charge on any atom is -0.371 e. The van der Waals surface area contributed by atoms with Gasteiger partial charge in [-0.15, -0.1) is 0 Å². The van der Waals surface area contributed by atoms with Gasteiger partial charge < -0.3 is 4.90 Å². The number of hydrogen-bond acceptors (Lipinski definition) is 2. The van der Waals surface area contributed by atoms with Crippen LogP contribution in [0, 0.1) is 18.3 Å². The zero-order valence-electron chi connectivity index (χ0n) is 10.00. The number of aryl methyl sites for hydroxylation is 1. The SMILES string of the molecule is Cc1cc(CBr)ccc1N(C)C(C)CC#N. The highest BCUT2D eigenvalue weighted by Crippen LogP contribution is 2.23. The molecule has 0 saturated carbocycles. The first-order chi connectivity index (χ1) is 7.60. The van der Waals surface area contributed by atoms with Gasteiger partial charge in [0.15, 0.2) is 0 Å². The van der Waals surface area contributed by atoms with Crippen LogP contribution in [0.5, 0.6) is 0 Å². The fraction of sp³-hybridized carbons (Fsp3) is 0.462. The number of alkyl halides is 1. The van der Waals surface area contributed by atoms with Crippen LogP contribution in [0.25, 0.3) is 0 Å². The van der Waals surface area contributed by atoms with Gasteiger partial charge >= 0.3 is 0 Å². The van der Waals surface area contributed by atoms with E-state index in [0.717, 1.165) is 5.33 Å². The molecular formula is C13H17BrN2. The third kappa shape index (κ3) is 2.99. The van der Waals surface area contributed by atoms with Gasteiger partial charge in [-0.25, -0.2) is 0 Å². The van der Waals surface area contributed by atoms with Crippen LogP contribution in [-0.4, -0.2) is 13.1 Å². The van der Waals surface area contributed by atoms with Crippen LogP contribution in [0.3, 0.4) is 0 Å². The van der Waals surface area contributed by atoms with Gasteiger partial charge in [-0.05, 0) is 31.0 Å². The Bertz CT molecular complexity index is 395. The maximum absolute atomic E-state index is 8.70. The molecule has 1 atom stereocenters. The van der Waals surface area contributed by atoms with E-state index in [0.29, 0.717) is 6.42 Å².